The predicted octanol–water partition coefficient (Wildman–Crippen LogP) is 5.01. The highest BCUT2D eigenvalue weighted by molar-refractivity contribution is 9.13. The zero-order valence-electron chi connectivity index (χ0n) is 11.7. The molecule has 0 aliphatic carbocycles. The first-order valence-corrected chi connectivity index (χ1v) is 8.13. The normalized spacial score (nSPS) is 10.7. The van der Waals surface area contributed by atoms with E-state index in [4.69, 9.17) is 4.42 Å². The van der Waals surface area contributed by atoms with Gasteiger partial charge in [0.05, 0.1) is 11.0 Å². The number of hydrogen-bond acceptors (Lipinski definition) is 3. The van der Waals surface area contributed by atoms with Crippen molar-refractivity contribution < 1.29 is 9.21 Å². The monoisotopic (exact) mass is 414 g/mol. The molecule has 2 N–H and O–H groups in total. The molecule has 1 heterocycles. The van der Waals surface area contributed by atoms with Crippen molar-refractivity contribution in [2.24, 2.45) is 5.92 Å². The SMILES string of the molecule is CC(C)C(=O)Nc1ccc(NCc2cc(Br)c(Br)o2)cc1. The summed E-state index contributed by atoms with van der Waals surface area (Å²) in [4.78, 5) is 11.6. The third kappa shape index (κ3) is 4.61. The third-order valence-electron chi connectivity index (χ3n) is 2.84. The molecule has 0 saturated heterocycles. The van der Waals surface area contributed by atoms with E-state index in [1.165, 1.54) is 0 Å². The van der Waals surface area contributed by atoms with Crippen molar-refractivity contribution in [2.75, 3.05) is 10.6 Å². The van der Waals surface area contributed by atoms with Crippen LogP contribution in [0.15, 0.2) is 43.9 Å². The first-order valence-electron chi connectivity index (χ1n) is 6.54. The Morgan fingerprint density at radius 3 is 2.33 bits per heavy atom. The van der Waals surface area contributed by atoms with Crippen molar-refractivity contribution in [2.45, 2.75) is 20.4 Å². The van der Waals surface area contributed by atoms with Gasteiger partial charge in [-0.05, 0) is 62.2 Å². The molecule has 0 unspecified atom stereocenters. The minimum atomic E-state index is -0.0290. The first kappa shape index (κ1) is 16.1. The highest BCUT2D eigenvalue weighted by atomic mass is 79.9. The third-order valence-corrected chi connectivity index (χ3v) is 4.55. The Hall–Kier alpha value is -1.27. The highest BCUT2D eigenvalue weighted by Gasteiger charge is 2.07. The summed E-state index contributed by atoms with van der Waals surface area (Å²) >= 11 is 6.68. The first-order chi connectivity index (χ1) is 9.95. The molecule has 2 rings (SSSR count). The van der Waals surface area contributed by atoms with Crippen LogP contribution in [0.25, 0.3) is 0 Å². The molecule has 0 atom stereocenters. The highest BCUT2D eigenvalue weighted by Crippen LogP contribution is 2.27. The van der Waals surface area contributed by atoms with Crippen LogP contribution in [0.2, 0.25) is 0 Å². The van der Waals surface area contributed by atoms with Gasteiger partial charge in [0.15, 0.2) is 4.67 Å². The number of furan rings is 1. The number of benzene rings is 1. The van der Waals surface area contributed by atoms with E-state index in [1.807, 2.05) is 44.2 Å². The Bertz CT molecular complexity index is 602. The summed E-state index contributed by atoms with van der Waals surface area (Å²) < 4.78 is 7.07. The quantitative estimate of drug-likeness (QED) is 0.721. The number of carbonyl (C=O) groups is 1. The summed E-state index contributed by atoms with van der Waals surface area (Å²) in [5, 5.41) is 6.11. The lowest BCUT2D eigenvalue weighted by molar-refractivity contribution is -0.118. The number of rotatable bonds is 5. The van der Waals surface area contributed by atoms with E-state index < -0.39 is 0 Å². The summed E-state index contributed by atoms with van der Waals surface area (Å²) in [6, 6.07) is 9.49. The van der Waals surface area contributed by atoms with Crippen LogP contribution in [-0.4, -0.2) is 5.91 Å². The van der Waals surface area contributed by atoms with Crippen molar-refractivity contribution in [1.82, 2.24) is 0 Å². The van der Waals surface area contributed by atoms with Gasteiger partial charge in [-0.25, -0.2) is 0 Å². The van der Waals surface area contributed by atoms with Crippen LogP contribution in [0.1, 0.15) is 19.6 Å². The van der Waals surface area contributed by atoms with Crippen molar-refractivity contribution >= 4 is 49.1 Å². The smallest absolute Gasteiger partial charge is 0.226 e. The van der Waals surface area contributed by atoms with Crippen LogP contribution < -0.4 is 10.6 Å². The standard InChI is InChI=1S/C15H16Br2N2O2/c1-9(2)15(20)19-11-5-3-10(4-6-11)18-8-12-7-13(16)14(17)21-12/h3-7,9,18H,8H2,1-2H3,(H,19,20). The van der Waals surface area contributed by atoms with Gasteiger partial charge in [0.2, 0.25) is 5.91 Å². The number of hydrogen-bond donors (Lipinski definition) is 2. The fourth-order valence-corrected chi connectivity index (χ4v) is 2.28. The van der Waals surface area contributed by atoms with Crippen molar-refractivity contribution in [3.05, 3.63) is 45.2 Å². The summed E-state index contributed by atoms with van der Waals surface area (Å²) in [6.07, 6.45) is 0. The van der Waals surface area contributed by atoms with Gasteiger partial charge in [-0.2, -0.15) is 0 Å². The molecule has 2 aromatic rings. The fourth-order valence-electron chi connectivity index (χ4n) is 1.63. The number of carbonyl (C=O) groups excluding carboxylic acids is 1. The van der Waals surface area contributed by atoms with Crippen molar-refractivity contribution in [1.29, 1.82) is 0 Å². The molecule has 21 heavy (non-hydrogen) atoms. The van der Waals surface area contributed by atoms with E-state index in [-0.39, 0.29) is 11.8 Å². The molecule has 0 fully saturated rings. The van der Waals surface area contributed by atoms with E-state index in [0.717, 1.165) is 21.6 Å². The fraction of sp³-hybridized carbons (Fsp3) is 0.267. The Balaban J connectivity index is 1.91. The molecule has 0 radical (unpaired) electrons. The van der Waals surface area contributed by atoms with Crippen LogP contribution in [0.3, 0.4) is 0 Å². The van der Waals surface area contributed by atoms with Gasteiger partial charge in [-0.15, -0.1) is 0 Å². The second-order valence-electron chi connectivity index (χ2n) is 4.91. The number of amides is 1. The van der Waals surface area contributed by atoms with E-state index in [2.05, 4.69) is 42.5 Å². The average molecular weight is 416 g/mol. The molecule has 0 spiro atoms. The Kier molecular flexibility index (Phi) is 5.47. The molecule has 0 aliphatic rings. The van der Waals surface area contributed by atoms with Gasteiger partial charge in [0.25, 0.3) is 0 Å². The van der Waals surface area contributed by atoms with Gasteiger partial charge in [0, 0.05) is 17.3 Å². The number of halogens is 2. The molecule has 1 aromatic carbocycles. The number of nitrogens with one attached hydrogen (secondary N) is 2. The lowest BCUT2D eigenvalue weighted by Gasteiger charge is -2.09. The van der Waals surface area contributed by atoms with Crippen molar-refractivity contribution in [3.8, 4) is 0 Å². The summed E-state index contributed by atoms with van der Waals surface area (Å²) in [7, 11) is 0. The molecule has 0 bridgehead atoms. The average Bonchev–Trinajstić information content (AvgIpc) is 2.77. The zero-order chi connectivity index (χ0) is 15.4. The predicted molar refractivity (Wildman–Crippen MR) is 91.3 cm³/mol. The van der Waals surface area contributed by atoms with Crippen LogP contribution in [0, 0.1) is 5.92 Å². The molecule has 0 saturated carbocycles. The Morgan fingerprint density at radius 2 is 1.81 bits per heavy atom. The summed E-state index contributed by atoms with van der Waals surface area (Å²) in [5.74, 6) is 0.811. The molecular weight excluding hydrogens is 400 g/mol. The Labute approximate surface area is 140 Å². The van der Waals surface area contributed by atoms with Crippen LogP contribution in [0.5, 0.6) is 0 Å². The van der Waals surface area contributed by atoms with E-state index in [0.29, 0.717) is 11.2 Å². The van der Waals surface area contributed by atoms with Gasteiger partial charge >= 0.3 is 0 Å². The molecule has 4 nitrogen and oxygen atoms in total. The maximum atomic E-state index is 11.6. The second kappa shape index (κ2) is 7.13. The van der Waals surface area contributed by atoms with Gasteiger partial charge in [-0.1, -0.05) is 13.8 Å². The van der Waals surface area contributed by atoms with E-state index >= 15 is 0 Å². The van der Waals surface area contributed by atoms with Crippen LogP contribution in [-0.2, 0) is 11.3 Å². The lowest BCUT2D eigenvalue weighted by Crippen LogP contribution is -2.17. The molecule has 112 valence electrons. The minimum Gasteiger partial charge on any atom is -0.451 e. The largest absolute Gasteiger partial charge is 0.451 e. The molecule has 6 heteroatoms. The number of anilines is 2. The molecular formula is C15H16Br2N2O2. The molecule has 1 amide bonds. The van der Waals surface area contributed by atoms with Crippen LogP contribution >= 0.6 is 31.9 Å². The zero-order valence-corrected chi connectivity index (χ0v) is 14.9. The molecule has 0 aliphatic heterocycles. The van der Waals surface area contributed by atoms with E-state index in [1.54, 1.807) is 0 Å². The summed E-state index contributed by atoms with van der Waals surface area (Å²) in [5.41, 5.74) is 1.75. The summed E-state index contributed by atoms with van der Waals surface area (Å²) in [6.45, 7) is 4.32. The Morgan fingerprint density at radius 1 is 1.19 bits per heavy atom. The van der Waals surface area contributed by atoms with Gasteiger partial charge in [-0.3, -0.25) is 4.79 Å². The lowest BCUT2D eigenvalue weighted by atomic mass is 10.2. The molecule has 1 aromatic heterocycles. The van der Waals surface area contributed by atoms with Gasteiger partial charge in [0.1, 0.15) is 5.76 Å². The second-order valence-corrected chi connectivity index (χ2v) is 6.48. The maximum absolute atomic E-state index is 11.6. The van der Waals surface area contributed by atoms with Crippen LogP contribution in [0.4, 0.5) is 11.4 Å². The van der Waals surface area contributed by atoms with Crippen molar-refractivity contribution in [3.63, 3.8) is 0 Å². The van der Waals surface area contributed by atoms with Gasteiger partial charge < -0.3 is 15.1 Å². The van der Waals surface area contributed by atoms with E-state index in [9.17, 15) is 4.79 Å². The maximum Gasteiger partial charge on any atom is 0.226 e. The topological polar surface area (TPSA) is 54.3 Å². The minimum absolute atomic E-state index is 0.0148.